The Balaban J connectivity index is 1.82. The van der Waals surface area contributed by atoms with Crippen molar-refractivity contribution in [3.63, 3.8) is 0 Å². The maximum Gasteiger partial charge on any atom is 0.418 e. The van der Waals surface area contributed by atoms with E-state index < -0.39 is 17.6 Å². The lowest BCUT2D eigenvalue weighted by Crippen LogP contribution is -2.32. The van der Waals surface area contributed by atoms with E-state index in [2.05, 4.69) is 10.6 Å². The van der Waals surface area contributed by atoms with Crippen molar-refractivity contribution in [3.05, 3.63) is 64.7 Å². The molecule has 2 aromatic rings. The predicted molar refractivity (Wildman–Crippen MR) is 97.3 cm³/mol. The molecule has 1 atom stereocenters. The molecule has 0 aromatic heterocycles. The number of hydrogen-bond donors (Lipinski definition) is 2. The number of carbonyl (C=O) groups excluding carboxylic acids is 1. The van der Waals surface area contributed by atoms with Crippen molar-refractivity contribution in [3.8, 4) is 0 Å². The Bertz CT molecular complexity index is 750. The highest BCUT2D eigenvalue weighted by atomic mass is 35.5. The first-order valence-electron chi connectivity index (χ1n) is 8.19. The summed E-state index contributed by atoms with van der Waals surface area (Å²) in [5, 5.41) is 6.20. The molecule has 0 saturated heterocycles. The van der Waals surface area contributed by atoms with Gasteiger partial charge < -0.3 is 10.6 Å². The third kappa shape index (κ3) is 6.35. The minimum absolute atomic E-state index is 0.0712. The largest absolute Gasteiger partial charge is 0.418 e. The number of carbonyl (C=O) groups is 1. The Hall–Kier alpha value is -2.05. The molecule has 3 nitrogen and oxygen atoms in total. The number of hydrogen-bond acceptors (Lipinski definition) is 2. The third-order valence-corrected chi connectivity index (χ3v) is 4.03. The van der Waals surface area contributed by atoms with Crippen LogP contribution in [0.5, 0.6) is 0 Å². The van der Waals surface area contributed by atoms with Gasteiger partial charge >= 0.3 is 6.18 Å². The molecule has 26 heavy (non-hydrogen) atoms. The molecule has 1 unspecified atom stereocenters. The van der Waals surface area contributed by atoms with Gasteiger partial charge in [-0.05, 0) is 49.7 Å². The molecule has 0 aliphatic rings. The van der Waals surface area contributed by atoms with E-state index >= 15 is 0 Å². The second kappa shape index (κ2) is 9.05. The van der Waals surface area contributed by atoms with E-state index in [1.54, 1.807) is 6.07 Å². The molecule has 0 heterocycles. The predicted octanol–water partition coefficient (Wildman–Crippen LogP) is 4.91. The van der Waals surface area contributed by atoms with Crippen LogP contribution in [0.25, 0.3) is 0 Å². The van der Waals surface area contributed by atoms with Crippen LogP contribution < -0.4 is 10.6 Å². The molecule has 7 heteroatoms. The molecule has 2 rings (SSSR count). The Labute approximate surface area is 155 Å². The standard InChI is InChI=1S/C19H20ClF3N2O/c1-13(24-10-9-14-5-4-6-15(20)12-14)11-18(26)25-17-8-3-2-7-16(17)19(21,22)23/h2-8,12-13,24H,9-11H2,1H3,(H,25,26). The van der Waals surface area contributed by atoms with E-state index in [0.717, 1.165) is 18.1 Å². The Morgan fingerprint density at radius 2 is 1.88 bits per heavy atom. The zero-order chi connectivity index (χ0) is 19.2. The summed E-state index contributed by atoms with van der Waals surface area (Å²) in [5.41, 5.74) is -0.00759. The fraction of sp³-hybridized carbons (Fsp3) is 0.316. The fourth-order valence-electron chi connectivity index (χ4n) is 2.55. The van der Waals surface area contributed by atoms with Crippen LogP contribution in [0, 0.1) is 0 Å². The van der Waals surface area contributed by atoms with E-state index in [1.807, 2.05) is 25.1 Å². The molecule has 2 N–H and O–H groups in total. The van der Waals surface area contributed by atoms with Crippen molar-refractivity contribution in [2.24, 2.45) is 0 Å². The van der Waals surface area contributed by atoms with E-state index in [0.29, 0.717) is 11.6 Å². The topological polar surface area (TPSA) is 41.1 Å². The number of nitrogens with one attached hydrogen (secondary N) is 2. The Morgan fingerprint density at radius 1 is 1.15 bits per heavy atom. The van der Waals surface area contributed by atoms with E-state index in [1.165, 1.54) is 18.2 Å². The quantitative estimate of drug-likeness (QED) is 0.712. The number of rotatable bonds is 7. The third-order valence-electron chi connectivity index (χ3n) is 3.79. The molecule has 140 valence electrons. The zero-order valence-electron chi connectivity index (χ0n) is 14.2. The average molecular weight is 385 g/mol. The second-order valence-electron chi connectivity index (χ2n) is 6.03. The highest BCUT2D eigenvalue weighted by Gasteiger charge is 2.33. The fourth-order valence-corrected chi connectivity index (χ4v) is 2.76. The summed E-state index contributed by atoms with van der Waals surface area (Å²) in [7, 11) is 0. The Kier molecular flexibility index (Phi) is 7.06. The van der Waals surface area contributed by atoms with Gasteiger partial charge in [-0.1, -0.05) is 35.9 Å². The maximum absolute atomic E-state index is 12.9. The van der Waals surface area contributed by atoms with Crippen molar-refractivity contribution in [1.82, 2.24) is 5.32 Å². The number of halogens is 4. The summed E-state index contributed by atoms with van der Waals surface area (Å²) in [4.78, 5) is 12.0. The number of amides is 1. The second-order valence-corrected chi connectivity index (χ2v) is 6.47. The van der Waals surface area contributed by atoms with Crippen molar-refractivity contribution < 1.29 is 18.0 Å². The average Bonchev–Trinajstić information content (AvgIpc) is 2.54. The molecule has 0 bridgehead atoms. The lowest BCUT2D eigenvalue weighted by molar-refractivity contribution is -0.137. The van der Waals surface area contributed by atoms with Crippen molar-refractivity contribution in [2.75, 3.05) is 11.9 Å². The van der Waals surface area contributed by atoms with Crippen LogP contribution >= 0.6 is 11.6 Å². The normalized spacial score (nSPS) is 12.7. The molecular weight excluding hydrogens is 365 g/mol. The number of anilines is 1. The number of para-hydroxylation sites is 1. The lowest BCUT2D eigenvalue weighted by Gasteiger charge is -2.16. The van der Waals surface area contributed by atoms with E-state index in [9.17, 15) is 18.0 Å². The minimum Gasteiger partial charge on any atom is -0.325 e. The Morgan fingerprint density at radius 3 is 2.58 bits per heavy atom. The highest BCUT2D eigenvalue weighted by molar-refractivity contribution is 6.30. The number of benzene rings is 2. The van der Waals surface area contributed by atoms with E-state index in [-0.39, 0.29) is 18.2 Å². The first-order valence-corrected chi connectivity index (χ1v) is 8.57. The van der Waals surface area contributed by atoms with Crippen molar-refractivity contribution in [2.45, 2.75) is 32.0 Å². The van der Waals surface area contributed by atoms with Gasteiger partial charge in [-0.3, -0.25) is 4.79 Å². The van der Waals surface area contributed by atoms with Crippen LogP contribution in [0.4, 0.5) is 18.9 Å². The van der Waals surface area contributed by atoms with Crippen molar-refractivity contribution in [1.29, 1.82) is 0 Å². The summed E-state index contributed by atoms with van der Waals surface area (Å²) < 4.78 is 38.8. The van der Waals surface area contributed by atoms with Crippen LogP contribution in [0.15, 0.2) is 48.5 Å². The van der Waals surface area contributed by atoms with Gasteiger partial charge in [0.1, 0.15) is 0 Å². The zero-order valence-corrected chi connectivity index (χ0v) is 15.0. The van der Waals surface area contributed by atoms with E-state index in [4.69, 9.17) is 11.6 Å². The SMILES string of the molecule is CC(CC(=O)Nc1ccccc1C(F)(F)F)NCCc1cccc(Cl)c1. The van der Waals surface area contributed by atoms with Crippen molar-refractivity contribution >= 4 is 23.2 Å². The van der Waals surface area contributed by atoms with Gasteiger partial charge in [0.05, 0.1) is 11.3 Å². The van der Waals surface area contributed by atoms with Gasteiger partial charge in [-0.15, -0.1) is 0 Å². The summed E-state index contributed by atoms with van der Waals surface area (Å²) in [6, 6.07) is 12.3. The van der Waals surface area contributed by atoms with Gasteiger partial charge in [0.2, 0.25) is 5.91 Å². The molecule has 1 amide bonds. The molecule has 2 aromatic carbocycles. The summed E-state index contributed by atoms with van der Waals surface area (Å²) >= 11 is 5.92. The first kappa shape index (κ1) is 20.3. The maximum atomic E-state index is 12.9. The molecule has 0 aliphatic heterocycles. The van der Waals surface area contributed by atoms with Gasteiger partial charge in [0.25, 0.3) is 0 Å². The van der Waals surface area contributed by atoms with Crippen LogP contribution in [0.3, 0.4) is 0 Å². The molecule has 0 fully saturated rings. The van der Waals surface area contributed by atoms with Gasteiger partial charge in [0, 0.05) is 17.5 Å². The van der Waals surface area contributed by atoms with Crippen LogP contribution in [0.2, 0.25) is 5.02 Å². The van der Waals surface area contributed by atoms with Crippen LogP contribution in [0.1, 0.15) is 24.5 Å². The lowest BCUT2D eigenvalue weighted by atomic mass is 10.1. The summed E-state index contributed by atoms with van der Waals surface area (Å²) in [6.07, 6.45) is -3.70. The minimum atomic E-state index is -4.51. The summed E-state index contributed by atoms with van der Waals surface area (Å²) in [5.74, 6) is -0.468. The highest BCUT2D eigenvalue weighted by Crippen LogP contribution is 2.34. The molecular formula is C19H20ClF3N2O. The van der Waals surface area contributed by atoms with Gasteiger partial charge in [-0.25, -0.2) is 0 Å². The molecule has 0 radical (unpaired) electrons. The monoisotopic (exact) mass is 384 g/mol. The first-order chi connectivity index (χ1) is 12.3. The molecule has 0 spiro atoms. The smallest absolute Gasteiger partial charge is 0.325 e. The van der Waals surface area contributed by atoms with Gasteiger partial charge in [-0.2, -0.15) is 13.2 Å². The number of alkyl halides is 3. The summed E-state index contributed by atoms with van der Waals surface area (Å²) in [6.45, 7) is 2.45. The van der Waals surface area contributed by atoms with Crippen LogP contribution in [-0.2, 0) is 17.4 Å². The molecule has 0 saturated carbocycles. The molecule has 0 aliphatic carbocycles. The van der Waals surface area contributed by atoms with Crippen LogP contribution in [-0.4, -0.2) is 18.5 Å². The van der Waals surface area contributed by atoms with Gasteiger partial charge in [0.15, 0.2) is 0 Å².